The van der Waals surface area contributed by atoms with Crippen LogP contribution in [0.5, 0.6) is 0 Å². The first kappa shape index (κ1) is 12.5. The molecule has 0 aliphatic heterocycles. The molecular weight excluding hydrogens is 220 g/mol. The molecule has 0 unspecified atom stereocenters. The molecule has 0 fully saturated rings. The lowest BCUT2D eigenvalue weighted by Crippen LogP contribution is -2.24. The average molecular weight is 240 g/mol. The number of hydrogen-bond acceptors (Lipinski definition) is 2. The fourth-order valence-electron chi connectivity index (χ4n) is 2.13. The Bertz CT molecular complexity index is 479. The molecule has 2 N–H and O–H groups in total. The first-order valence-electron chi connectivity index (χ1n) is 6.44. The van der Waals surface area contributed by atoms with E-state index in [-0.39, 0.29) is 0 Å². The van der Waals surface area contributed by atoms with Gasteiger partial charge >= 0.3 is 0 Å². The van der Waals surface area contributed by atoms with Gasteiger partial charge in [-0.25, -0.2) is 0 Å². The fraction of sp³-hybridized carbons (Fsp3) is 0.250. The SMILES string of the molecule is CCCN(Cc1ccccc1)c1ccccc1N. The van der Waals surface area contributed by atoms with Crippen molar-refractivity contribution >= 4 is 11.4 Å². The van der Waals surface area contributed by atoms with Crippen molar-refractivity contribution in [3.05, 3.63) is 60.2 Å². The second-order valence-electron chi connectivity index (χ2n) is 4.47. The molecule has 2 nitrogen and oxygen atoms in total. The number of hydrogen-bond donors (Lipinski definition) is 1. The summed E-state index contributed by atoms with van der Waals surface area (Å²) in [7, 11) is 0. The molecule has 2 aromatic carbocycles. The Morgan fingerprint density at radius 2 is 1.61 bits per heavy atom. The van der Waals surface area contributed by atoms with Gasteiger partial charge in [-0.05, 0) is 24.1 Å². The normalized spacial score (nSPS) is 10.3. The Morgan fingerprint density at radius 3 is 2.28 bits per heavy atom. The van der Waals surface area contributed by atoms with Crippen LogP contribution in [0.3, 0.4) is 0 Å². The van der Waals surface area contributed by atoms with Crippen LogP contribution in [-0.4, -0.2) is 6.54 Å². The molecule has 0 aliphatic rings. The molecule has 0 saturated carbocycles. The maximum absolute atomic E-state index is 6.06. The maximum atomic E-state index is 6.06. The van der Waals surface area contributed by atoms with Crippen LogP contribution in [-0.2, 0) is 6.54 Å². The molecule has 0 aliphatic carbocycles. The van der Waals surface area contributed by atoms with E-state index in [1.165, 1.54) is 5.56 Å². The summed E-state index contributed by atoms with van der Waals surface area (Å²) in [6.07, 6.45) is 1.11. The van der Waals surface area contributed by atoms with E-state index in [1.54, 1.807) is 0 Å². The van der Waals surface area contributed by atoms with Crippen LogP contribution in [0.4, 0.5) is 11.4 Å². The molecule has 0 heterocycles. The minimum Gasteiger partial charge on any atom is -0.397 e. The minimum absolute atomic E-state index is 0.849. The van der Waals surface area contributed by atoms with Crippen LogP contribution in [0.2, 0.25) is 0 Å². The lowest BCUT2D eigenvalue weighted by Gasteiger charge is -2.25. The molecule has 0 atom stereocenters. The predicted octanol–water partition coefficient (Wildman–Crippen LogP) is 3.69. The second-order valence-corrected chi connectivity index (χ2v) is 4.47. The minimum atomic E-state index is 0.849. The summed E-state index contributed by atoms with van der Waals surface area (Å²) in [5.74, 6) is 0. The van der Waals surface area contributed by atoms with Crippen LogP contribution in [0.25, 0.3) is 0 Å². The summed E-state index contributed by atoms with van der Waals surface area (Å²) >= 11 is 0. The largest absolute Gasteiger partial charge is 0.397 e. The van der Waals surface area contributed by atoms with E-state index in [0.29, 0.717) is 0 Å². The van der Waals surface area contributed by atoms with Gasteiger partial charge < -0.3 is 10.6 Å². The molecule has 2 heteroatoms. The second kappa shape index (κ2) is 6.10. The van der Waals surface area contributed by atoms with Gasteiger partial charge in [0.25, 0.3) is 0 Å². The Balaban J connectivity index is 2.21. The zero-order chi connectivity index (χ0) is 12.8. The van der Waals surface area contributed by atoms with Crippen LogP contribution in [0, 0.1) is 0 Å². The molecule has 2 rings (SSSR count). The summed E-state index contributed by atoms with van der Waals surface area (Å²) in [6.45, 7) is 4.11. The number of benzene rings is 2. The summed E-state index contributed by atoms with van der Waals surface area (Å²) in [6, 6.07) is 18.6. The summed E-state index contributed by atoms with van der Waals surface area (Å²) in [5.41, 5.74) is 9.35. The van der Waals surface area contributed by atoms with Crippen LogP contribution < -0.4 is 10.6 Å². The van der Waals surface area contributed by atoms with Crippen molar-refractivity contribution in [2.24, 2.45) is 0 Å². The first-order valence-corrected chi connectivity index (χ1v) is 6.44. The monoisotopic (exact) mass is 240 g/mol. The molecule has 0 radical (unpaired) electrons. The summed E-state index contributed by atoms with van der Waals surface area (Å²) in [5, 5.41) is 0. The highest BCUT2D eigenvalue weighted by Crippen LogP contribution is 2.24. The first-order chi connectivity index (χ1) is 8.81. The molecule has 94 valence electrons. The zero-order valence-corrected chi connectivity index (χ0v) is 10.8. The van der Waals surface area contributed by atoms with E-state index >= 15 is 0 Å². The van der Waals surface area contributed by atoms with Crippen molar-refractivity contribution < 1.29 is 0 Å². The third kappa shape index (κ3) is 3.04. The average Bonchev–Trinajstić information content (AvgIpc) is 2.40. The molecule has 2 aromatic rings. The fourth-order valence-corrected chi connectivity index (χ4v) is 2.13. The van der Waals surface area contributed by atoms with Gasteiger partial charge in [0, 0.05) is 13.1 Å². The third-order valence-electron chi connectivity index (χ3n) is 2.99. The van der Waals surface area contributed by atoms with Crippen LogP contribution in [0.1, 0.15) is 18.9 Å². The van der Waals surface area contributed by atoms with Crippen molar-refractivity contribution in [3.63, 3.8) is 0 Å². The summed E-state index contributed by atoms with van der Waals surface area (Å²) < 4.78 is 0. The number of anilines is 2. The highest BCUT2D eigenvalue weighted by atomic mass is 15.1. The van der Waals surface area contributed by atoms with Gasteiger partial charge in [-0.15, -0.1) is 0 Å². The summed E-state index contributed by atoms with van der Waals surface area (Å²) in [4.78, 5) is 2.34. The van der Waals surface area contributed by atoms with E-state index in [4.69, 9.17) is 5.73 Å². The van der Waals surface area contributed by atoms with E-state index in [9.17, 15) is 0 Å². The van der Waals surface area contributed by atoms with Gasteiger partial charge in [0.1, 0.15) is 0 Å². The van der Waals surface area contributed by atoms with Crippen molar-refractivity contribution in [3.8, 4) is 0 Å². The third-order valence-corrected chi connectivity index (χ3v) is 2.99. The lowest BCUT2D eigenvalue weighted by atomic mass is 10.1. The predicted molar refractivity (Wildman–Crippen MR) is 78.6 cm³/mol. The number of nitrogens with zero attached hydrogens (tertiary/aromatic N) is 1. The van der Waals surface area contributed by atoms with Crippen LogP contribution >= 0.6 is 0 Å². The van der Waals surface area contributed by atoms with E-state index in [2.05, 4.69) is 42.2 Å². The molecule has 0 spiro atoms. The lowest BCUT2D eigenvalue weighted by molar-refractivity contribution is 0.768. The number of para-hydroxylation sites is 2. The Hall–Kier alpha value is -1.96. The maximum Gasteiger partial charge on any atom is 0.0602 e. The standard InChI is InChI=1S/C16H20N2/c1-2-12-18(13-14-8-4-3-5-9-14)16-11-7-6-10-15(16)17/h3-11H,2,12-13,17H2,1H3. The van der Waals surface area contributed by atoms with Crippen LogP contribution in [0.15, 0.2) is 54.6 Å². The van der Waals surface area contributed by atoms with Crippen molar-refractivity contribution in [1.82, 2.24) is 0 Å². The highest BCUT2D eigenvalue weighted by molar-refractivity contribution is 5.67. The Morgan fingerprint density at radius 1 is 0.944 bits per heavy atom. The van der Waals surface area contributed by atoms with Crippen molar-refractivity contribution in [1.29, 1.82) is 0 Å². The topological polar surface area (TPSA) is 29.3 Å². The molecular formula is C16H20N2. The van der Waals surface area contributed by atoms with Gasteiger partial charge in [-0.3, -0.25) is 0 Å². The Kier molecular flexibility index (Phi) is 4.24. The molecule has 0 aromatic heterocycles. The number of rotatable bonds is 5. The molecule has 18 heavy (non-hydrogen) atoms. The van der Waals surface area contributed by atoms with Gasteiger partial charge in [-0.2, -0.15) is 0 Å². The van der Waals surface area contributed by atoms with Gasteiger partial charge in [-0.1, -0.05) is 49.4 Å². The zero-order valence-electron chi connectivity index (χ0n) is 10.8. The van der Waals surface area contributed by atoms with Gasteiger partial charge in [0.2, 0.25) is 0 Å². The van der Waals surface area contributed by atoms with E-state index in [0.717, 1.165) is 30.9 Å². The van der Waals surface area contributed by atoms with Crippen molar-refractivity contribution in [2.45, 2.75) is 19.9 Å². The number of nitrogen functional groups attached to an aromatic ring is 1. The van der Waals surface area contributed by atoms with Gasteiger partial charge in [0.15, 0.2) is 0 Å². The van der Waals surface area contributed by atoms with E-state index in [1.807, 2.05) is 24.3 Å². The van der Waals surface area contributed by atoms with E-state index < -0.39 is 0 Å². The molecule has 0 saturated heterocycles. The smallest absolute Gasteiger partial charge is 0.0602 e. The van der Waals surface area contributed by atoms with Crippen molar-refractivity contribution in [2.75, 3.05) is 17.2 Å². The highest BCUT2D eigenvalue weighted by Gasteiger charge is 2.08. The molecule has 0 amide bonds. The quantitative estimate of drug-likeness (QED) is 0.808. The molecule has 0 bridgehead atoms. The van der Waals surface area contributed by atoms with Gasteiger partial charge in [0.05, 0.1) is 11.4 Å². The Labute approximate surface area is 109 Å². The number of nitrogens with two attached hydrogens (primary N) is 1.